The van der Waals surface area contributed by atoms with E-state index in [-0.39, 0.29) is 41.4 Å². The van der Waals surface area contributed by atoms with Crippen molar-refractivity contribution in [2.24, 2.45) is 5.16 Å². The summed E-state index contributed by atoms with van der Waals surface area (Å²) in [6.07, 6.45) is 0. The van der Waals surface area contributed by atoms with Gasteiger partial charge in [-0.15, -0.1) is 0 Å². The van der Waals surface area contributed by atoms with Gasteiger partial charge in [0.2, 0.25) is 5.78 Å². The molecule has 0 radical (unpaired) electrons. The number of ketones is 1. The highest BCUT2D eigenvalue weighted by atomic mass is 35.5. The molecule has 2 aromatic carbocycles. The van der Waals surface area contributed by atoms with E-state index >= 15 is 0 Å². The summed E-state index contributed by atoms with van der Waals surface area (Å²) < 4.78 is 29.0. The monoisotopic (exact) mass is 459 g/mol. The molecule has 0 aliphatic carbocycles. The van der Waals surface area contributed by atoms with Gasteiger partial charge in [-0.05, 0) is 50.2 Å². The van der Waals surface area contributed by atoms with Crippen molar-refractivity contribution >= 4 is 42.0 Å². The van der Waals surface area contributed by atoms with Gasteiger partial charge < -0.3 is 19.0 Å². The number of hydrogen-bond acceptors (Lipinski definition) is 7. The number of benzene rings is 2. The summed E-state index contributed by atoms with van der Waals surface area (Å²) in [6, 6.07) is 10.8. The summed E-state index contributed by atoms with van der Waals surface area (Å²) in [7, 11) is -3.97. The highest BCUT2D eigenvalue weighted by Gasteiger charge is 2.36. The summed E-state index contributed by atoms with van der Waals surface area (Å²) in [5, 5.41) is 13.5. The van der Waals surface area contributed by atoms with Crippen LogP contribution in [-0.2, 0) is 13.6 Å². The average Bonchev–Trinajstić information content (AvgIpc) is 2.69. The largest absolute Gasteiger partial charge is 0.485 e. The molecule has 0 aliphatic rings. The van der Waals surface area contributed by atoms with Crippen LogP contribution in [-0.4, -0.2) is 36.3 Å². The van der Waals surface area contributed by atoms with Gasteiger partial charge in [0, 0.05) is 21.2 Å². The number of oxime groups is 1. The molecular formula is C19H20Cl2NO6P. The van der Waals surface area contributed by atoms with Crippen LogP contribution in [0.3, 0.4) is 0 Å². The van der Waals surface area contributed by atoms with E-state index in [2.05, 4.69) is 5.16 Å². The van der Waals surface area contributed by atoms with Crippen molar-refractivity contribution in [3.63, 3.8) is 0 Å². The molecule has 0 unspecified atom stereocenters. The summed E-state index contributed by atoms with van der Waals surface area (Å²) in [4.78, 5) is 12.8. The Hall–Kier alpha value is -1.89. The number of nitrogens with zero attached hydrogens (tertiary/aromatic N) is 1. The third-order valence-electron chi connectivity index (χ3n) is 3.66. The van der Waals surface area contributed by atoms with Crippen molar-refractivity contribution in [3.05, 3.63) is 63.6 Å². The Balaban J connectivity index is 2.37. The predicted octanol–water partition coefficient (Wildman–Crippen LogP) is 5.66. The van der Waals surface area contributed by atoms with Crippen LogP contribution in [0.15, 0.2) is 47.6 Å². The van der Waals surface area contributed by atoms with Crippen molar-refractivity contribution in [2.75, 3.05) is 19.8 Å². The van der Waals surface area contributed by atoms with E-state index in [0.717, 1.165) is 0 Å². The number of halogens is 2. The first-order chi connectivity index (χ1) is 13.8. The third kappa shape index (κ3) is 6.04. The molecule has 156 valence electrons. The van der Waals surface area contributed by atoms with Gasteiger partial charge in [-0.1, -0.05) is 34.4 Å². The molecule has 0 amide bonds. The number of ether oxygens (including phenoxy) is 1. The zero-order chi connectivity index (χ0) is 21.4. The summed E-state index contributed by atoms with van der Waals surface area (Å²) in [5.41, 5.74) is -0.251. The molecule has 7 nitrogen and oxygen atoms in total. The van der Waals surface area contributed by atoms with E-state index in [1.165, 1.54) is 18.2 Å². The average molecular weight is 460 g/mol. The van der Waals surface area contributed by atoms with Crippen LogP contribution in [0.4, 0.5) is 0 Å². The minimum atomic E-state index is -3.97. The Labute approximate surface area is 178 Å². The lowest BCUT2D eigenvalue weighted by Crippen LogP contribution is -2.18. The highest BCUT2D eigenvalue weighted by molar-refractivity contribution is 7.73. The summed E-state index contributed by atoms with van der Waals surface area (Å²) in [6.45, 7) is 3.00. The molecule has 1 N–H and O–H groups in total. The SMILES string of the molecule is CCOP(=O)(OCC)C(=NO)c1ccc(Cl)cc1C(=O)COc1ccc(Cl)cc1. The van der Waals surface area contributed by atoms with Crippen LogP contribution in [0.25, 0.3) is 0 Å². The zero-order valence-corrected chi connectivity index (χ0v) is 18.2. The topological polar surface area (TPSA) is 94.4 Å². The fourth-order valence-electron chi connectivity index (χ4n) is 2.46. The molecule has 0 bridgehead atoms. The normalized spacial score (nSPS) is 12.1. The van der Waals surface area contributed by atoms with Crippen molar-refractivity contribution in [2.45, 2.75) is 13.8 Å². The molecule has 0 aliphatic heterocycles. The standard InChI is InChI=1S/C19H20Cl2NO6P/c1-3-27-29(25,28-4-2)19(22-24)16-10-7-14(21)11-17(16)18(23)12-26-15-8-5-13(20)6-9-15/h5-11,24H,3-4,12H2,1-2H3. The second kappa shape index (κ2) is 10.8. The van der Waals surface area contributed by atoms with Gasteiger partial charge in [0.05, 0.1) is 13.2 Å². The van der Waals surface area contributed by atoms with E-state index in [9.17, 15) is 14.6 Å². The maximum absolute atomic E-state index is 13.1. The molecule has 0 heterocycles. The van der Waals surface area contributed by atoms with Crippen LogP contribution in [0, 0.1) is 0 Å². The minimum absolute atomic E-state index is 0.0485. The third-order valence-corrected chi connectivity index (χ3v) is 6.19. The molecule has 2 aromatic rings. The lowest BCUT2D eigenvalue weighted by Gasteiger charge is -2.19. The Morgan fingerprint density at radius 1 is 1.00 bits per heavy atom. The molecule has 0 atom stereocenters. The van der Waals surface area contributed by atoms with Gasteiger partial charge in [-0.2, -0.15) is 0 Å². The van der Waals surface area contributed by atoms with Crippen molar-refractivity contribution in [1.29, 1.82) is 0 Å². The number of hydrogen-bond donors (Lipinski definition) is 1. The minimum Gasteiger partial charge on any atom is -0.485 e. The summed E-state index contributed by atoms with van der Waals surface area (Å²) >= 11 is 11.9. The lowest BCUT2D eigenvalue weighted by molar-refractivity contribution is 0.0921. The van der Waals surface area contributed by atoms with Gasteiger partial charge in [0.25, 0.3) is 0 Å². The van der Waals surface area contributed by atoms with Crippen molar-refractivity contribution in [3.8, 4) is 5.75 Å². The van der Waals surface area contributed by atoms with Crippen LogP contribution < -0.4 is 4.74 Å². The Bertz CT molecular complexity index is 923. The quantitative estimate of drug-likeness (QED) is 0.162. The number of carbonyl (C=O) groups excluding carboxylic acids is 1. The van der Waals surface area contributed by atoms with E-state index in [4.69, 9.17) is 37.0 Å². The fourth-order valence-corrected chi connectivity index (χ4v) is 4.35. The number of Topliss-reactive ketones (excluding diaryl/α,β-unsaturated/α-hetero) is 1. The Morgan fingerprint density at radius 3 is 2.14 bits per heavy atom. The van der Waals surface area contributed by atoms with Gasteiger partial charge in [0.15, 0.2) is 12.1 Å². The van der Waals surface area contributed by atoms with Gasteiger partial charge in [0.1, 0.15) is 5.75 Å². The molecule has 0 aromatic heterocycles. The molecule has 29 heavy (non-hydrogen) atoms. The fraction of sp³-hybridized carbons (Fsp3) is 0.263. The van der Waals surface area contributed by atoms with E-state index < -0.39 is 13.4 Å². The number of rotatable bonds is 10. The number of carbonyl (C=O) groups is 1. The maximum atomic E-state index is 13.1. The molecule has 10 heteroatoms. The zero-order valence-electron chi connectivity index (χ0n) is 15.8. The predicted molar refractivity (Wildman–Crippen MR) is 112 cm³/mol. The molecule has 2 rings (SSSR count). The molecule has 0 fully saturated rings. The molecule has 0 saturated carbocycles. The molecular weight excluding hydrogens is 440 g/mol. The first-order valence-electron chi connectivity index (χ1n) is 8.67. The van der Waals surface area contributed by atoms with Gasteiger partial charge in [-0.3, -0.25) is 9.36 Å². The van der Waals surface area contributed by atoms with Gasteiger partial charge >= 0.3 is 7.60 Å². The van der Waals surface area contributed by atoms with Crippen LogP contribution in [0.2, 0.25) is 10.0 Å². The maximum Gasteiger partial charge on any atom is 0.383 e. The van der Waals surface area contributed by atoms with E-state index in [0.29, 0.717) is 10.8 Å². The molecule has 0 saturated heterocycles. The van der Waals surface area contributed by atoms with Crippen LogP contribution in [0.1, 0.15) is 29.8 Å². The van der Waals surface area contributed by atoms with E-state index in [1.807, 2.05) is 0 Å². The van der Waals surface area contributed by atoms with Crippen molar-refractivity contribution in [1.82, 2.24) is 0 Å². The highest BCUT2D eigenvalue weighted by Crippen LogP contribution is 2.52. The Morgan fingerprint density at radius 2 is 1.59 bits per heavy atom. The smallest absolute Gasteiger partial charge is 0.383 e. The van der Waals surface area contributed by atoms with Crippen LogP contribution >= 0.6 is 30.8 Å². The second-order valence-corrected chi connectivity index (χ2v) is 8.42. The lowest BCUT2D eigenvalue weighted by atomic mass is 10.0. The Kier molecular flexibility index (Phi) is 8.68. The van der Waals surface area contributed by atoms with E-state index in [1.54, 1.807) is 38.1 Å². The first-order valence-corrected chi connectivity index (χ1v) is 11.0. The molecule has 0 spiro atoms. The van der Waals surface area contributed by atoms with Crippen LogP contribution in [0.5, 0.6) is 5.75 Å². The summed E-state index contributed by atoms with van der Waals surface area (Å²) in [5.74, 6) is -0.0326. The van der Waals surface area contributed by atoms with Crippen molar-refractivity contribution < 1.29 is 28.4 Å². The first kappa shape index (κ1) is 23.4. The second-order valence-electron chi connectivity index (χ2n) is 5.61. The van der Waals surface area contributed by atoms with Gasteiger partial charge in [-0.25, -0.2) is 0 Å².